The summed E-state index contributed by atoms with van der Waals surface area (Å²) in [5.41, 5.74) is 2.16. The maximum Gasteiger partial charge on any atom is 0.313 e. The highest BCUT2D eigenvalue weighted by Gasteiger charge is 2.66. The van der Waals surface area contributed by atoms with Crippen molar-refractivity contribution in [3.05, 3.63) is 23.3 Å². The van der Waals surface area contributed by atoms with Crippen LogP contribution in [0.4, 0.5) is 0 Å². The lowest BCUT2D eigenvalue weighted by Gasteiger charge is -2.56. The molecule has 0 aromatic rings. The molecule has 29 heavy (non-hydrogen) atoms. The van der Waals surface area contributed by atoms with Crippen LogP contribution in [0, 0.1) is 28.6 Å². The van der Waals surface area contributed by atoms with Crippen molar-refractivity contribution in [3.63, 3.8) is 0 Å². The second-order valence-electron chi connectivity index (χ2n) is 10.5. The Morgan fingerprint density at radius 3 is 2.62 bits per heavy atom. The van der Waals surface area contributed by atoms with Crippen molar-refractivity contribution < 1.29 is 24.5 Å². The van der Waals surface area contributed by atoms with Gasteiger partial charge in [-0.05, 0) is 50.9 Å². The number of hydrogen-bond donors (Lipinski definition) is 2. The van der Waals surface area contributed by atoms with Gasteiger partial charge in [-0.25, -0.2) is 0 Å². The maximum atomic E-state index is 12.9. The molecule has 5 aliphatic rings. The van der Waals surface area contributed by atoms with Gasteiger partial charge < -0.3 is 19.7 Å². The fourth-order valence-corrected chi connectivity index (χ4v) is 7.74. The van der Waals surface area contributed by atoms with Gasteiger partial charge >= 0.3 is 5.97 Å². The van der Waals surface area contributed by atoms with Gasteiger partial charge in [-0.2, -0.15) is 0 Å². The van der Waals surface area contributed by atoms with Gasteiger partial charge in [-0.15, -0.1) is 0 Å². The van der Waals surface area contributed by atoms with Crippen LogP contribution in [0.5, 0.6) is 0 Å². The van der Waals surface area contributed by atoms with E-state index in [1.54, 1.807) is 0 Å². The molecule has 0 aromatic carbocycles. The van der Waals surface area contributed by atoms with Crippen molar-refractivity contribution in [2.24, 2.45) is 28.6 Å². The first-order valence-corrected chi connectivity index (χ1v) is 11.3. The van der Waals surface area contributed by atoms with E-state index in [1.165, 1.54) is 18.3 Å². The molecule has 4 aliphatic carbocycles. The molecule has 3 fully saturated rings. The molecule has 5 heteroatoms. The summed E-state index contributed by atoms with van der Waals surface area (Å²) in [5.74, 6) is -0.0249. The van der Waals surface area contributed by atoms with Gasteiger partial charge in [-0.1, -0.05) is 37.1 Å². The molecule has 1 spiro atoms. The minimum atomic E-state index is -0.664. The highest BCUT2D eigenvalue weighted by atomic mass is 16.6. The third-order valence-electron chi connectivity index (χ3n) is 9.43. The number of ether oxygens (including phenoxy) is 2. The van der Waals surface area contributed by atoms with E-state index in [4.69, 9.17) is 9.47 Å². The summed E-state index contributed by atoms with van der Waals surface area (Å²) < 4.78 is 11.4. The van der Waals surface area contributed by atoms with Crippen molar-refractivity contribution in [2.75, 3.05) is 7.11 Å². The number of methoxy groups -OCH3 is 1. The normalized spacial score (nSPS) is 51.0. The maximum absolute atomic E-state index is 12.9. The molecule has 0 amide bonds. The van der Waals surface area contributed by atoms with Crippen LogP contribution in [0.2, 0.25) is 0 Å². The number of aliphatic hydroxyl groups is 2. The van der Waals surface area contributed by atoms with Gasteiger partial charge in [0.15, 0.2) is 6.29 Å². The molecule has 0 radical (unpaired) electrons. The van der Waals surface area contributed by atoms with E-state index in [-0.39, 0.29) is 40.3 Å². The third kappa shape index (κ3) is 2.53. The predicted molar refractivity (Wildman–Crippen MR) is 108 cm³/mol. The number of hydrogen-bond acceptors (Lipinski definition) is 5. The van der Waals surface area contributed by atoms with E-state index in [0.29, 0.717) is 18.8 Å². The van der Waals surface area contributed by atoms with Crippen molar-refractivity contribution in [3.8, 4) is 0 Å². The van der Waals surface area contributed by atoms with Crippen LogP contribution in [0.15, 0.2) is 23.3 Å². The Kier molecular flexibility index (Phi) is 4.37. The summed E-state index contributed by atoms with van der Waals surface area (Å²) in [6.45, 7) is 4.62. The Hall–Kier alpha value is -1.17. The largest absolute Gasteiger partial charge is 0.469 e. The zero-order valence-corrected chi connectivity index (χ0v) is 17.8. The van der Waals surface area contributed by atoms with Crippen molar-refractivity contribution in [2.45, 2.75) is 83.2 Å². The minimum absolute atomic E-state index is 0.0679. The number of allylic oxidation sites excluding steroid dienone is 2. The Bertz CT molecular complexity index is 786. The van der Waals surface area contributed by atoms with Crippen LogP contribution in [-0.2, 0) is 14.3 Å². The second-order valence-corrected chi connectivity index (χ2v) is 10.5. The average molecular weight is 403 g/mol. The number of carbonyl (C=O) groups excluding carboxylic acids is 1. The molecule has 2 N–H and O–H groups in total. The second kappa shape index (κ2) is 6.41. The van der Waals surface area contributed by atoms with E-state index >= 15 is 0 Å². The van der Waals surface area contributed by atoms with Crippen LogP contribution in [-0.4, -0.2) is 41.3 Å². The van der Waals surface area contributed by atoms with E-state index in [9.17, 15) is 15.0 Å². The molecule has 8 atom stereocenters. The molecule has 5 nitrogen and oxygen atoms in total. The smallest absolute Gasteiger partial charge is 0.313 e. The highest BCUT2D eigenvalue weighted by molar-refractivity contribution is 5.77. The van der Waals surface area contributed by atoms with Crippen molar-refractivity contribution in [1.29, 1.82) is 0 Å². The standard InChI is InChI=1S/C24H34O5/c1-22-8-4-15(25)12-14(22)13-16(21(27)28-3)20-17(22)5-9-23(2)18(20)6-10-24(23)11-7-19(26)29-24/h5,13,15-16,18-20,25-26H,4,6-12H2,1-3H3/t15?,16-,18?,19?,20?,22?,23?,24?/m1/s1. The van der Waals surface area contributed by atoms with E-state index in [1.807, 2.05) is 0 Å². The van der Waals surface area contributed by atoms with Crippen LogP contribution in [0.25, 0.3) is 0 Å². The zero-order valence-electron chi connectivity index (χ0n) is 17.8. The number of carbonyl (C=O) groups is 1. The topological polar surface area (TPSA) is 76.0 Å². The molecule has 160 valence electrons. The van der Waals surface area contributed by atoms with Crippen LogP contribution >= 0.6 is 0 Å². The fraction of sp³-hybridized carbons (Fsp3) is 0.792. The van der Waals surface area contributed by atoms with Crippen LogP contribution < -0.4 is 0 Å². The Morgan fingerprint density at radius 1 is 1.17 bits per heavy atom. The van der Waals surface area contributed by atoms with E-state index in [0.717, 1.165) is 38.5 Å². The third-order valence-corrected chi connectivity index (χ3v) is 9.43. The lowest BCUT2D eigenvalue weighted by molar-refractivity contribution is -0.183. The van der Waals surface area contributed by atoms with Crippen molar-refractivity contribution in [1.82, 2.24) is 0 Å². The molecule has 5 rings (SSSR count). The van der Waals surface area contributed by atoms with Gasteiger partial charge in [0, 0.05) is 23.2 Å². The average Bonchev–Trinajstić information content (AvgIpc) is 3.22. The molecular weight excluding hydrogens is 368 g/mol. The molecule has 0 bridgehead atoms. The monoisotopic (exact) mass is 402 g/mol. The van der Waals surface area contributed by atoms with Crippen LogP contribution in [0.3, 0.4) is 0 Å². The van der Waals surface area contributed by atoms with E-state index < -0.39 is 6.29 Å². The quantitative estimate of drug-likeness (QED) is 0.519. The van der Waals surface area contributed by atoms with Gasteiger partial charge in [0.05, 0.1) is 24.7 Å². The van der Waals surface area contributed by atoms with Crippen molar-refractivity contribution >= 4 is 5.97 Å². The summed E-state index contributed by atoms with van der Waals surface area (Å²) in [5, 5.41) is 20.4. The van der Waals surface area contributed by atoms with Gasteiger partial charge in [0.1, 0.15) is 0 Å². The Balaban J connectivity index is 1.61. The Morgan fingerprint density at radius 2 is 1.93 bits per heavy atom. The molecule has 0 aromatic heterocycles. The SMILES string of the molecule is COC(=O)[C@@H]1C=C2CC(O)CCC2(C)C2=CCC3(C)C(CCC34CCC(O)O4)C21. The Labute approximate surface area is 173 Å². The summed E-state index contributed by atoms with van der Waals surface area (Å²) in [7, 11) is 1.47. The molecule has 1 heterocycles. The molecular formula is C24H34O5. The molecule has 1 aliphatic heterocycles. The zero-order chi connectivity index (χ0) is 20.6. The number of rotatable bonds is 1. The number of fused-ring (bicyclic) bond motifs is 6. The number of aliphatic hydroxyl groups excluding tert-OH is 2. The van der Waals surface area contributed by atoms with Gasteiger partial charge in [-0.3, -0.25) is 4.79 Å². The van der Waals surface area contributed by atoms with Crippen LogP contribution in [0.1, 0.15) is 65.2 Å². The molecule has 1 saturated heterocycles. The summed E-state index contributed by atoms with van der Waals surface area (Å²) in [6, 6.07) is 0. The first kappa shape index (κ1) is 19.8. The first-order chi connectivity index (χ1) is 13.7. The highest BCUT2D eigenvalue weighted by Crippen LogP contribution is 2.68. The summed E-state index contributed by atoms with van der Waals surface area (Å²) >= 11 is 0. The lowest BCUT2D eigenvalue weighted by atomic mass is 9.49. The predicted octanol–water partition coefficient (Wildman–Crippen LogP) is 3.50. The van der Waals surface area contributed by atoms with Gasteiger partial charge in [0.25, 0.3) is 0 Å². The van der Waals surface area contributed by atoms with Gasteiger partial charge in [0.2, 0.25) is 0 Å². The summed E-state index contributed by atoms with van der Waals surface area (Å²) in [4.78, 5) is 12.9. The molecule has 7 unspecified atom stereocenters. The lowest BCUT2D eigenvalue weighted by Crippen LogP contribution is -2.53. The fourth-order valence-electron chi connectivity index (χ4n) is 7.74. The van der Waals surface area contributed by atoms with E-state index in [2.05, 4.69) is 26.0 Å². The summed E-state index contributed by atoms with van der Waals surface area (Å²) in [6.07, 6.45) is 10.4. The molecule has 2 saturated carbocycles. The first-order valence-electron chi connectivity index (χ1n) is 11.3. The number of esters is 1. The minimum Gasteiger partial charge on any atom is -0.469 e.